The van der Waals surface area contributed by atoms with Gasteiger partial charge in [0, 0.05) is 38.0 Å². The Morgan fingerprint density at radius 3 is 1.51 bits per heavy atom. The number of aryl methyl sites for hydroxylation is 4. The molecule has 0 aromatic carbocycles. The highest BCUT2D eigenvalue weighted by molar-refractivity contribution is 7.86. The minimum Gasteiger partial charge on any atom is -0.748 e. The number of rotatable bonds is 12. The van der Waals surface area contributed by atoms with Crippen LogP contribution < -0.4 is 18.9 Å². The van der Waals surface area contributed by atoms with Crippen molar-refractivity contribution < 1.29 is 54.4 Å². The molecule has 2 aromatic heterocycles. The monoisotopic (exact) mass is 687 g/mol. The van der Waals surface area contributed by atoms with Gasteiger partial charge in [-0.25, -0.2) is 8.42 Å². The Bertz CT molecular complexity index is 1290. The van der Waals surface area contributed by atoms with Crippen LogP contribution in [0.15, 0.2) is 0 Å². The largest absolute Gasteiger partial charge is 0.748 e. The molecule has 16 heteroatoms. The minimum absolute atomic E-state index is 0. The molecule has 0 spiro atoms. The van der Waals surface area contributed by atoms with E-state index in [9.17, 15) is 21.4 Å². The quantitative estimate of drug-likeness (QED) is 0.242. The Morgan fingerprint density at radius 1 is 0.767 bits per heavy atom. The molecule has 0 radical (unpaired) electrons. The molecule has 0 bridgehead atoms. The maximum Gasteiger partial charge on any atom is 0.267 e. The molecule has 4 unspecified atom stereocenters. The fraction of sp³-hybridized carbons (Fsp3) is 0.704. The van der Waals surface area contributed by atoms with Gasteiger partial charge in [-0.1, -0.05) is 7.43 Å². The summed E-state index contributed by atoms with van der Waals surface area (Å²) in [5.74, 6) is 3.17. The lowest BCUT2D eigenvalue weighted by molar-refractivity contribution is 0.00818. The van der Waals surface area contributed by atoms with Gasteiger partial charge < -0.3 is 33.0 Å². The van der Waals surface area contributed by atoms with Crippen molar-refractivity contribution in [3.63, 3.8) is 0 Å². The van der Waals surface area contributed by atoms with Crippen molar-refractivity contribution in [1.82, 2.24) is 0 Å². The molecule has 0 saturated heterocycles. The van der Waals surface area contributed by atoms with E-state index in [1.807, 2.05) is 27.7 Å². The Labute approximate surface area is 263 Å². The first-order valence-electron chi connectivity index (χ1n) is 13.4. The summed E-state index contributed by atoms with van der Waals surface area (Å²) in [5, 5.41) is -1.76. The molecule has 0 saturated carbocycles. The molecule has 0 amide bonds. The molecule has 248 valence electrons. The lowest BCUT2D eigenvalue weighted by Crippen LogP contribution is -2.33. The van der Waals surface area contributed by atoms with E-state index in [4.69, 9.17) is 33.0 Å². The van der Waals surface area contributed by atoms with Crippen molar-refractivity contribution in [1.29, 1.82) is 0 Å². The zero-order valence-corrected chi connectivity index (χ0v) is 27.8. The van der Waals surface area contributed by atoms with Crippen LogP contribution in [-0.2, 0) is 29.7 Å². The minimum atomic E-state index is -4.24. The lowest BCUT2D eigenvalue weighted by Gasteiger charge is -2.25. The second kappa shape index (κ2) is 16.1. The van der Waals surface area contributed by atoms with Crippen LogP contribution in [0, 0.1) is 27.7 Å². The maximum atomic E-state index is 10.9. The molecular formula is C27H43O12S4-. The van der Waals surface area contributed by atoms with Crippen molar-refractivity contribution in [3.8, 4) is 23.0 Å². The highest BCUT2D eigenvalue weighted by Gasteiger charge is 2.28. The van der Waals surface area contributed by atoms with E-state index in [2.05, 4.69) is 0 Å². The summed E-state index contributed by atoms with van der Waals surface area (Å²) in [7, 11) is -8.22. The first-order chi connectivity index (χ1) is 19.6. The molecule has 4 atom stereocenters. The predicted molar refractivity (Wildman–Crippen MR) is 165 cm³/mol. The fourth-order valence-corrected chi connectivity index (χ4v) is 6.68. The van der Waals surface area contributed by atoms with Crippen molar-refractivity contribution in [2.75, 3.05) is 39.6 Å². The smallest absolute Gasteiger partial charge is 0.267 e. The molecule has 4 rings (SSSR count). The SMILES string of the molecule is C.Cc1sc(C)c2c1OCC(COCCC(C)S(=O)(=O)O)O2.Cc1sc(C)c2c1OCC(COCCC(C)S(=O)(=O)[O-])O2. The standard InChI is InChI=1S/2C13H20O6S2.CH4/c2*1-8(21(14,15)16)4-5-17-6-11-7-18-12-9(2)20-10(3)13(12)19-11;/h2*8,11H,4-7H2,1-3H3,(H,14,15,16);1H4/p-1. The van der Waals surface area contributed by atoms with Crippen LogP contribution in [0.2, 0.25) is 0 Å². The molecular weight excluding hydrogens is 645 g/mol. The highest BCUT2D eigenvalue weighted by atomic mass is 32.2. The summed E-state index contributed by atoms with van der Waals surface area (Å²) in [5.41, 5.74) is 0. The zero-order chi connectivity index (χ0) is 31.2. The normalized spacial score (nSPS) is 19.1. The number of thiophene rings is 2. The molecule has 0 aliphatic carbocycles. The maximum absolute atomic E-state index is 10.9. The van der Waals surface area contributed by atoms with Crippen LogP contribution in [0.5, 0.6) is 23.0 Å². The van der Waals surface area contributed by atoms with Crippen LogP contribution in [0.25, 0.3) is 0 Å². The molecule has 0 fully saturated rings. The Kier molecular flexibility index (Phi) is 14.0. The Balaban J connectivity index is 0.000000293. The summed E-state index contributed by atoms with van der Waals surface area (Å²) in [4.78, 5) is 4.34. The van der Waals surface area contributed by atoms with Crippen LogP contribution >= 0.6 is 22.7 Å². The Morgan fingerprint density at radius 2 is 1.14 bits per heavy atom. The Hall–Kier alpha value is -1.66. The average Bonchev–Trinajstić information content (AvgIpc) is 3.36. The van der Waals surface area contributed by atoms with Gasteiger partial charge in [0.2, 0.25) is 0 Å². The van der Waals surface area contributed by atoms with Gasteiger partial charge in [0.25, 0.3) is 10.1 Å². The van der Waals surface area contributed by atoms with E-state index in [0.29, 0.717) is 26.4 Å². The summed E-state index contributed by atoms with van der Waals surface area (Å²) in [6.45, 7) is 12.7. The van der Waals surface area contributed by atoms with Crippen molar-refractivity contribution in [2.24, 2.45) is 0 Å². The second-order valence-corrected chi connectivity index (χ2v) is 16.7. The van der Waals surface area contributed by atoms with Gasteiger partial charge in [-0.2, -0.15) is 8.42 Å². The van der Waals surface area contributed by atoms with Gasteiger partial charge in [0.1, 0.15) is 13.2 Å². The van der Waals surface area contributed by atoms with Crippen molar-refractivity contribution in [2.45, 2.75) is 84.5 Å². The molecule has 2 aliphatic rings. The fourth-order valence-electron chi connectivity index (χ4n) is 4.03. The van der Waals surface area contributed by atoms with Gasteiger partial charge in [0.05, 0.1) is 28.6 Å². The van der Waals surface area contributed by atoms with Gasteiger partial charge in [-0.15, -0.1) is 22.7 Å². The van der Waals surface area contributed by atoms with Gasteiger partial charge in [-0.3, -0.25) is 4.55 Å². The average molecular weight is 688 g/mol. The predicted octanol–water partition coefficient (Wildman–Crippen LogP) is 4.67. The molecule has 2 aromatic rings. The summed E-state index contributed by atoms with van der Waals surface area (Å²) in [6.07, 6.45) is 0.00535. The number of fused-ring (bicyclic) bond motifs is 2. The van der Waals surface area contributed by atoms with Gasteiger partial charge in [0.15, 0.2) is 35.2 Å². The summed E-state index contributed by atoms with van der Waals surface area (Å²) in [6, 6.07) is 0. The number of hydrogen-bond donors (Lipinski definition) is 1. The van der Waals surface area contributed by atoms with E-state index < -0.39 is 30.7 Å². The van der Waals surface area contributed by atoms with E-state index in [1.165, 1.54) is 13.8 Å². The van der Waals surface area contributed by atoms with E-state index in [0.717, 1.165) is 42.5 Å². The van der Waals surface area contributed by atoms with Crippen LogP contribution in [-0.4, -0.2) is 88.3 Å². The molecule has 12 nitrogen and oxygen atoms in total. The van der Waals surface area contributed by atoms with Crippen molar-refractivity contribution in [3.05, 3.63) is 19.5 Å². The van der Waals surface area contributed by atoms with E-state index in [-0.39, 0.29) is 45.7 Å². The second-order valence-electron chi connectivity index (χ2n) is 10.2. The third-order valence-corrected chi connectivity index (χ3v) is 11.1. The summed E-state index contributed by atoms with van der Waals surface area (Å²) < 4.78 is 96.7. The van der Waals surface area contributed by atoms with Crippen LogP contribution in [0.4, 0.5) is 0 Å². The van der Waals surface area contributed by atoms with E-state index >= 15 is 0 Å². The van der Waals surface area contributed by atoms with Crippen LogP contribution in [0.1, 0.15) is 53.6 Å². The summed E-state index contributed by atoms with van der Waals surface area (Å²) >= 11 is 3.27. The lowest BCUT2D eigenvalue weighted by atomic mass is 10.3. The molecule has 1 N–H and O–H groups in total. The zero-order valence-electron chi connectivity index (χ0n) is 24.5. The molecule has 4 heterocycles. The first-order valence-corrected chi connectivity index (χ1v) is 18.0. The molecule has 43 heavy (non-hydrogen) atoms. The molecule has 2 aliphatic heterocycles. The third-order valence-electron chi connectivity index (χ3n) is 6.65. The van der Waals surface area contributed by atoms with Gasteiger partial charge >= 0.3 is 0 Å². The van der Waals surface area contributed by atoms with E-state index in [1.54, 1.807) is 22.7 Å². The number of ether oxygens (including phenoxy) is 6. The van der Waals surface area contributed by atoms with Crippen molar-refractivity contribution >= 4 is 42.9 Å². The van der Waals surface area contributed by atoms with Gasteiger partial charge in [-0.05, 0) is 54.4 Å². The topological polar surface area (TPSA) is 167 Å². The number of hydrogen-bond acceptors (Lipinski definition) is 13. The highest BCUT2D eigenvalue weighted by Crippen LogP contribution is 2.44. The first kappa shape index (κ1) is 37.5. The van der Waals surface area contributed by atoms with Crippen LogP contribution in [0.3, 0.4) is 0 Å². The third kappa shape index (κ3) is 10.7.